The summed E-state index contributed by atoms with van der Waals surface area (Å²) in [6.07, 6.45) is -4.75. The number of benzene rings is 3. The number of hydrogen-bond donors (Lipinski definition) is 1. The monoisotopic (exact) mass is 623 g/mol. The SMILES string of the molecule is Cc1ccc(S(=O)(=O)N(CC(=O)N(Cc2cccc(Cl)c2)C(C)C(=O)NCC(C)C)c2cccc(C(F)(F)F)c2)cc1. The van der Waals surface area contributed by atoms with Crippen molar-refractivity contribution in [3.63, 3.8) is 0 Å². The van der Waals surface area contributed by atoms with E-state index in [9.17, 15) is 31.2 Å². The summed E-state index contributed by atoms with van der Waals surface area (Å²) in [6.45, 7) is 6.45. The van der Waals surface area contributed by atoms with E-state index in [1.165, 1.54) is 30.0 Å². The topological polar surface area (TPSA) is 86.8 Å². The van der Waals surface area contributed by atoms with Gasteiger partial charge < -0.3 is 10.2 Å². The molecule has 0 saturated carbocycles. The molecule has 0 aliphatic heterocycles. The van der Waals surface area contributed by atoms with Gasteiger partial charge in [-0.05, 0) is 67.8 Å². The lowest BCUT2D eigenvalue weighted by molar-refractivity contribution is -0.139. The van der Waals surface area contributed by atoms with E-state index in [0.717, 1.165) is 17.7 Å². The minimum Gasteiger partial charge on any atom is -0.354 e. The van der Waals surface area contributed by atoms with Gasteiger partial charge in [-0.25, -0.2) is 8.42 Å². The molecule has 226 valence electrons. The van der Waals surface area contributed by atoms with E-state index in [0.29, 0.717) is 27.5 Å². The second-order valence-electron chi connectivity index (χ2n) is 10.3. The molecule has 0 saturated heterocycles. The minimum atomic E-state index is -4.75. The van der Waals surface area contributed by atoms with E-state index in [-0.39, 0.29) is 23.0 Å². The molecule has 0 bridgehead atoms. The van der Waals surface area contributed by atoms with Crippen molar-refractivity contribution in [3.8, 4) is 0 Å². The molecule has 0 spiro atoms. The Kier molecular flexibility index (Phi) is 10.7. The fraction of sp³-hybridized carbons (Fsp3) is 0.333. The van der Waals surface area contributed by atoms with Crippen LogP contribution in [0.5, 0.6) is 0 Å². The maximum absolute atomic E-state index is 13.9. The summed E-state index contributed by atoms with van der Waals surface area (Å²) in [5.41, 5.74) is -0.0805. The third kappa shape index (κ3) is 8.48. The molecule has 42 heavy (non-hydrogen) atoms. The summed E-state index contributed by atoms with van der Waals surface area (Å²) in [5.74, 6) is -1.13. The molecule has 0 aliphatic rings. The zero-order chi connectivity index (χ0) is 31.2. The molecule has 1 N–H and O–H groups in total. The number of hydrogen-bond acceptors (Lipinski definition) is 4. The molecule has 12 heteroatoms. The number of aryl methyl sites for hydroxylation is 1. The fourth-order valence-corrected chi connectivity index (χ4v) is 5.69. The van der Waals surface area contributed by atoms with Crippen LogP contribution >= 0.6 is 11.6 Å². The number of carbonyl (C=O) groups excluding carboxylic acids is 2. The number of nitrogens with zero attached hydrogens (tertiary/aromatic N) is 2. The van der Waals surface area contributed by atoms with Gasteiger partial charge in [0.05, 0.1) is 16.1 Å². The lowest BCUT2D eigenvalue weighted by atomic mass is 10.1. The summed E-state index contributed by atoms with van der Waals surface area (Å²) in [6, 6.07) is 15.1. The highest BCUT2D eigenvalue weighted by atomic mass is 35.5. The molecule has 0 radical (unpaired) electrons. The number of amides is 2. The first-order chi connectivity index (χ1) is 19.6. The van der Waals surface area contributed by atoms with Crippen LogP contribution in [0.25, 0.3) is 0 Å². The quantitative estimate of drug-likeness (QED) is 0.282. The van der Waals surface area contributed by atoms with Gasteiger partial charge in [0.1, 0.15) is 12.6 Å². The first-order valence-corrected chi connectivity index (χ1v) is 15.0. The van der Waals surface area contributed by atoms with Crippen molar-refractivity contribution in [3.05, 3.63) is 94.5 Å². The maximum atomic E-state index is 13.9. The summed E-state index contributed by atoms with van der Waals surface area (Å²) < 4.78 is 69.0. The van der Waals surface area contributed by atoms with Crippen molar-refractivity contribution in [2.75, 3.05) is 17.4 Å². The molecular weight excluding hydrogens is 591 g/mol. The normalized spacial score (nSPS) is 12.6. The van der Waals surface area contributed by atoms with Crippen LogP contribution in [-0.4, -0.2) is 44.3 Å². The van der Waals surface area contributed by atoms with Crippen LogP contribution in [-0.2, 0) is 32.3 Å². The highest BCUT2D eigenvalue weighted by Gasteiger charge is 2.35. The van der Waals surface area contributed by atoms with Gasteiger partial charge in [-0.2, -0.15) is 13.2 Å². The highest BCUT2D eigenvalue weighted by Crippen LogP contribution is 2.33. The van der Waals surface area contributed by atoms with Crippen molar-refractivity contribution in [1.82, 2.24) is 10.2 Å². The van der Waals surface area contributed by atoms with Crippen LogP contribution in [0.3, 0.4) is 0 Å². The predicted molar refractivity (Wildman–Crippen MR) is 156 cm³/mol. The van der Waals surface area contributed by atoms with E-state index < -0.39 is 46.2 Å². The average molecular weight is 624 g/mol. The number of halogens is 4. The maximum Gasteiger partial charge on any atom is 0.416 e. The van der Waals surface area contributed by atoms with Gasteiger partial charge in [-0.1, -0.05) is 61.3 Å². The zero-order valence-corrected chi connectivity index (χ0v) is 25.2. The second-order valence-corrected chi connectivity index (χ2v) is 12.6. The Morgan fingerprint density at radius 2 is 1.60 bits per heavy atom. The number of sulfonamides is 1. The molecule has 0 heterocycles. The van der Waals surface area contributed by atoms with Crippen LogP contribution in [0.1, 0.15) is 37.5 Å². The molecular formula is C30H33ClF3N3O4S. The Bertz CT molecular complexity index is 1510. The smallest absolute Gasteiger partial charge is 0.354 e. The number of anilines is 1. The largest absolute Gasteiger partial charge is 0.416 e. The Hall–Kier alpha value is -3.57. The van der Waals surface area contributed by atoms with E-state index >= 15 is 0 Å². The lowest BCUT2D eigenvalue weighted by Crippen LogP contribution is -2.51. The van der Waals surface area contributed by atoms with E-state index in [1.807, 2.05) is 13.8 Å². The summed E-state index contributed by atoms with van der Waals surface area (Å²) in [4.78, 5) is 27.9. The van der Waals surface area contributed by atoms with Gasteiger partial charge in [0.2, 0.25) is 11.8 Å². The Balaban J connectivity index is 2.08. The molecule has 1 atom stereocenters. The number of alkyl halides is 3. The fourth-order valence-electron chi connectivity index (χ4n) is 4.07. The van der Waals surface area contributed by atoms with Gasteiger partial charge in [0.25, 0.3) is 10.0 Å². The van der Waals surface area contributed by atoms with E-state index in [2.05, 4.69) is 5.32 Å². The third-order valence-corrected chi connectivity index (χ3v) is 8.47. The molecule has 3 aromatic rings. The molecule has 0 aromatic heterocycles. The van der Waals surface area contributed by atoms with Crippen LogP contribution in [0.2, 0.25) is 5.02 Å². The molecule has 3 rings (SSSR count). The zero-order valence-electron chi connectivity index (χ0n) is 23.7. The van der Waals surface area contributed by atoms with Crippen LogP contribution in [0.4, 0.5) is 18.9 Å². The van der Waals surface area contributed by atoms with Gasteiger partial charge in [-0.3, -0.25) is 13.9 Å². The Labute approximate surface area is 249 Å². The summed E-state index contributed by atoms with van der Waals surface area (Å²) >= 11 is 6.13. The van der Waals surface area contributed by atoms with Gasteiger partial charge in [0, 0.05) is 18.1 Å². The second kappa shape index (κ2) is 13.6. The predicted octanol–water partition coefficient (Wildman–Crippen LogP) is 6.05. The number of nitrogens with one attached hydrogen (secondary N) is 1. The van der Waals surface area contributed by atoms with E-state index in [1.54, 1.807) is 43.3 Å². The molecule has 0 aliphatic carbocycles. The lowest BCUT2D eigenvalue weighted by Gasteiger charge is -2.32. The van der Waals surface area contributed by atoms with Crippen molar-refractivity contribution in [2.24, 2.45) is 5.92 Å². The number of rotatable bonds is 11. The van der Waals surface area contributed by atoms with Gasteiger partial charge >= 0.3 is 6.18 Å². The third-order valence-electron chi connectivity index (χ3n) is 6.44. The Morgan fingerprint density at radius 1 is 0.952 bits per heavy atom. The molecule has 7 nitrogen and oxygen atoms in total. The van der Waals surface area contributed by atoms with Crippen LogP contribution in [0.15, 0.2) is 77.7 Å². The average Bonchev–Trinajstić information content (AvgIpc) is 2.92. The molecule has 2 amide bonds. The van der Waals surface area contributed by atoms with Gasteiger partial charge in [0.15, 0.2) is 0 Å². The van der Waals surface area contributed by atoms with Crippen molar-refractivity contribution >= 4 is 39.1 Å². The summed E-state index contributed by atoms with van der Waals surface area (Å²) in [5, 5.41) is 3.16. The van der Waals surface area contributed by atoms with E-state index in [4.69, 9.17) is 11.6 Å². The minimum absolute atomic E-state index is 0.101. The first-order valence-electron chi connectivity index (χ1n) is 13.2. The number of carbonyl (C=O) groups is 2. The highest BCUT2D eigenvalue weighted by molar-refractivity contribution is 7.92. The molecule has 0 fully saturated rings. The van der Waals surface area contributed by atoms with Crippen molar-refractivity contribution in [1.29, 1.82) is 0 Å². The summed E-state index contributed by atoms with van der Waals surface area (Å²) in [7, 11) is -4.51. The standard InChI is InChI=1S/C30H33ClF3N3O4S/c1-20(2)17-35-29(39)22(4)36(18-23-7-5-9-25(31)15-23)28(38)19-37(26-10-6-8-24(16-26)30(32,33)34)42(40,41)27-13-11-21(3)12-14-27/h5-16,20,22H,17-19H2,1-4H3,(H,35,39). The molecule has 1 unspecified atom stereocenters. The van der Waals surface area contributed by atoms with Gasteiger partial charge in [-0.15, -0.1) is 0 Å². The van der Waals surface area contributed by atoms with Crippen molar-refractivity contribution in [2.45, 2.75) is 51.4 Å². The Morgan fingerprint density at radius 3 is 2.19 bits per heavy atom. The van der Waals surface area contributed by atoms with Crippen LogP contribution in [0, 0.1) is 12.8 Å². The molecule has 3 aromatic carbocycles. The first kappa shape index (κ1) is 32.9. The van der Waals surface area contributed by atoms with Crippen LogP contribution < -0.4 is 9.62 Å². The van der Waals surface area contributed by atoms with Crippen molar-refractivity contribution < 1.29 is 31.2 Å².